The minimum Gasteiger partial charge on any atom is -0.478 e. The standard InChI is InChI=1S/C27H27ClN6O3/c1-3-37-27-19(15-31-33(27)2)25(35)32-22-9-12-34(16-20(22)17-7-5-4-6-8-17)26(36)18-13-21(28)24-23(14-18)29-10-11-30-24/h4-8,10-11,13-15,20,22H,3,9,12,16H2,1-2H3,(H,32,35)/t20-,22-/m1/s1. The highest BCUT2D eigenvalue weighted by Gasteiger charge is 2.35. The van der Waals surface area contributed by atoms with Gasteiger partial charge in [0.15, 0.2) is 0 Å². The number of carbonyl (C=O) groups excluding carboxylic acids is 2. The molecule has 0 saturated carbocycles. The van der Waals surface area contributed by atoms with Crippen molar-refractivity contribution in [2.24, 2.45) is 7.05 Å². The van der Waals surface area contributed by atoms with Gasteiger partial charge in [-0.1, -0.05) is 41.9 Å². The van der Waals surface area contributed by atoms with Crippen LogP contribution < -0.4 is 10.1 Å². The van der Waals surface area contributed by atoms with Crippen LogP contribution in [-0.2, 0) is 7.05 Å². The fourth-order valence-electron chi connectivity index (χ4n) is 4.82. The number of hydrogen-bond donors (Lipinski definition) is 1. The third-order valence-electron chi connectivity index (χ3n) is 6.63. The van der Waals surface area contributed by atoms with Crippen LogP contribution in [-0.4, -0.2) is 62.2 Å². The summed E-state index contributed by atoms with van der Waals surface area (Å²) in [5.41, 5.74) is 3.03. The molecule has 2 aromatic heterocycles. The number of aryl methyl sites for hydroxylation is 1. The number of benzene rings is 2. The number of hydrogen-bond acceptors (Lipinski definition) is 6. The van der Waals surface area contributed by atoms with E-state index in [4.69, 9.17) is 16.3 Å². The van der Waals surface area contributed by atoms with Crippen LogP contribution in [0.4, 0.5) is 0 Å². The molecule has 10 heteroatoms. The summed E-state index contributed by atoms with van der Waals surface area (Å²) in [7, 11) is 1.74. The number of carbonyl (C=O) groups is 2. The Morgan fingerprint density at radius 3 is 2.73 bits per heavy atom. The smallest absolute Gasteiger partial charge is 0.258 e. The van der Waals surface area contributed by atoms with E-state index in [9.17, 15) is 9.59 Å². The molecule has 1 fully saturated rings. The van der Waals surface area contributed by atoms with E-state index in [-0.39, 0.29) is 23.8 Å². The van der Waals surface area contributed by atoms with Crippen molar-refractivity contribution in [3.05, 3.63) is 82.8 Å². The van der Waals surface area contributed by atoms with Crippen molar-refractivity contribution in [1.29, 1.82) is 0 Å². The number of ether oxygens (including phenoxy) is 1. The topological polar surface area (TPSA) is 102 Å². The van der Waals surface area contributed by atoms with Crippen molar-refractivity contribution in [2.45, 2.75) is 25.3 Å². The van der Waals surface area contributed by atoms with Crippen LogP contribution in [0.5, 0.6) is 5.88 Å². The minimum atomic E-state index is -0.248. The van der Waals surface area contributed by atoms with Crippen molar-refractivity contribution in [3.63, 3.8) is 0 Å². The zero-order chi connectivity index (χ0) is 25.9. The molecule has 0 bridgehead atoms. The maximum absolute atomic E-state index is 13.5. The van der Waals surface area contributed by atoms with Crippen LogP contribution in [0.3, 0.4) is 0 Å². The molecule has 1 saturated heterocycles. The van der Waals surface area contributed by atoms with E-state index in [1.165, 1.54) is 6.20 Å². The minimum absolute atomic E-state index is 0.106. The van der Waals surface area contributed by atoms with E-state index < -0.39 is 0 Å². The molecule has 1 aliphatic heterocycles. The molecule has 9 nitrogen and oxygen atoms in total. The summed E-state index contributed by atoms with van der Waals surface area (Å²) in [5, 5.41) is 7.75. The predicted octanol–water partition coefficient (Wildman–Crippen LogP) is 3.84. The van der Waals surface area contributed by atoms with Gasteiger partial charge in [-0.05, 0) is 31.0 Å². The Kier molecular flexibility index (Phi) is 7.05. The molecule has 190 valence electrons. The van der Waals surface area contributed by atoms with Crippen molar-refractivity contribution in [2.75, 3.05) is 19.7 Å². The van der Waals surface area contributed by atoms with Crippen molar-refractivity contribution >= 4 is 34.4 Å². The van der Waals surface area contributed by atoms with Gasteiger partial charge in [-0.2, -0.15) is 5.10 Å². The number of halogens is 1. The quantitative estimate of drug-likeness (QED) is 0.416. The lowest BCUT2D eigenvalue weighted by Gasteiger charge is -2.39. The molecular weight excluding hydrogens is 492 g/mol. The largest absolute Gasteiger partial charge is 0.478 e. The zero-order valence-electron chi connectivity index (χ0n) is 20.6. The Morgan fingerprint density at radius 2 is 1.95 bits per heavy atom. The fraction of sp³-hybridized carbons (Fsp3) is 0.296. The molecule has 2 atom stereocenters. The van der Waals surface area contributed by atoms with Crippen LogP contribution >= 0.6 is 11.6 Å². The molecule has 0 aliphatic carbocycles. The van der Waals surface area contributed by atoms with Gasteiger partial charge in [0.05, 0.1) is 23.3 Å². The zero-order valence-corrected chi connectivity index (χ0v) is 21.4. The third-order valence-corrected chi connectivity index (χ3v) is 6.92. The number of nitrogens with zero attached hydrogens (tertiary/aromatic N) is 5. The highest BCUT2D eigenvalue weighted by atomic mass is 35.5. The Balaban J connectivity index is 1.39. The first-order valence-electron chi connectivity index (χ1n) is 12.2. The summed E-state index contributed by atoms with van der Waals surface area (Å²) in [6.07, 6.45) is 5.25. The van der Waals surface area contributed by atoms with Crippen LogP contribution in [0.25, 0.3) is 11.0 Å². The van der Waals surface area contributed by atoms with Crippen molar-refractivity contribution < 1.29 is 14.3 Å². The predicted molar refractivity (Wildman–Crippen MR) is 140 cm³/mol. The Labute approximate surface area is 219 Å². The van der Waals surface area contributed by atoms with Gasteiger partial charge >= 0.3 is 0 Å². The molecule has 0 radical (unpaired) electrons. The van der Waals surface area contributed by atoms with Crippen LogP contribution in [0, 0.1) is 0 Å². The van der Waals surface area contributed by atoms with Gasteiger partial charge in [0.25, 0.3) is 11.8 Å². The molecule has 5 rings (SSSR count). The molecule has 4 aromatic rings. The molecule has 2 aromatic carbocycles. The van der Waals surface area contributed by atoms with E-state index in [0.717, 1.165) is 5.56 Å². The van der Waals surface area contributed by atoms with E-state index >= 15 is 0 Å². The second kappa shape index (κ2) is 10.6. The molecule has 1 N–H and O–H groups in total. The summed E-state index contributed by atoms with van der Waals surface area (Å²) >= 11 is 6.41. The lowest BCUT2D eigenvalue weighted by Crippen LogP contribution is -2.51. The third kappa shape index (κ3) is 4.99. The van der Waals surface area contributed by atoms with Gasteiger partial charge in [0.2, 0.25) is 5.88 Å². The van der Waals surface area contributed by atoms with Crippen molar-refractivity contribution in [3.8, 4) is 5.88 Å². The maximum atomic E-state index is 13.5. The van der Waals surface area contributed by atoms with Gasteiger partial charge in [-0.3, -0.25) is 19.6 Å². The van der Waals surface area contributed by atoms with Gasteiger partial charge in [-0.25, -0.2) is 4.68 Å². The number of nitrogens with one attached hydrogen (secondary N) is 1. The molecule has 2 amide bonds. The summed E-state index contributed by atoms with van der Waals surface area (Å²) < 4.78 is 7.18. The van der Waals surface area contributed by atoms with E-state index in [0.29, 0.717) is 59.2 Å². The lowest BCUT2D eigenvalue weighted by molar-refractivity contribution is 0.0671. The van der Waals surface area contributed by atoms with Gasteiger partial charge < -0.3 is 15.0 Å². The number of amides is 2. The van der Waals surface area contributed by atoms with Crippen LogP contribution in [0.2, 0.25) is 5.02 Å². The molecular formula is C27H27ClN6O3. The summed E-state index contributed by atoms with van der Waals surface area (Å²) in [6, 6.07) is 13.1. The van der Waals surface area contributed by atoms with E-state index in [1.54, 1.807) is 36.3 Å². The summed E-state index contributed by atoms with van der Waals surface area (Å²) in [5.74, 6) is -0.0564. The molecule has 1 aliphatic rings. The molecule has 0 spiro atoms. The fourth-order valence-corrected chi connectivity index (χ4v) is 5.08. The Morgan fingerprint density at radius 1 is 1.16 bits per heavy atom. The average molecular weight is 519 g/mol. The van der Waals surface area contributed by atoms with Crippen molar-refractivity contribution in [1.82, 2.24) is 30.0 Å². The van der Waals surface area contributed by atoms with E-state index in [2.05, 4.69) is 20.4 Å². The lowest BCUT2D eigenvalue weighted by atomic mass is 9.85. The molecule has 37 heavy (non-hydrogen) atoms. The second-order valence-electron chi connectivity index (χ2n) is 8.94. The number of fused-ring (bicyclic) bond motifs is 1. The highest BCUT2D eigenvalue weighted by molar-refractivity contribution is 6.35. The number of piperidine rings is 1. The monoisotopic (exact) mass is 518 g/mol. The maximum Gasteiger partial charge on any atom is 0.258 e. The number of likely N-dealkylation sites (tertiary alicyclic amines) is 1. The molecule has 3 heterocycles. The number of aromatic nitrogens is 4. The average Bonchev–Trinajstić information content (AvgIpc) is 3.29. The first-order valence-corrected chi connectivity index (χ1v) is 12.5. The molecule has 0 unspecified atom stereocenters. The van der Waals surface area contributed by atoms with E-state index in [1.807, 2.05) is 42.2 Å². The normalized spacial score (nSPS) is 17.5. The van der Waals surface area contributed by atoms with Crippen LogP contribution in [0.15, 0.2) is 61.1 Å². The van der Waals surface area contributed by atoms with Crippen LogP contribution in [0.1, 0.15) is 45.5 Å². The highest BCUT2D eigenvalue weighted by Crippen LogP contribution is 2.30. The Hall–Kier alpha value is -3.98. The number of rotatable bonds is 6. The SMILES string of the molecule is CCOc1c(C(=O)N[C@@H]2CCN(C(=O)c3cc(Cl)c4nccnc4c3)C[C@@H]2c2ccccc2)cnn1C. The summed E-state index contributed by atoms with van der Waals surface area (Å²) in [6.45, 7) is 3.21. The Bertz CT molecular complexity index is 1440. The first kappa shape index (κ1) is 24.7. The summed E-state index contributed by atoms with van der Waals surface area (Å²) in [4.78, 5) is 37.2. The first-order chi connectivity index (χ1) is 18.0. The van der Waals surface area contributed by atoms with Gasteiger partial charge in [-0.15, -0.1) is 0 Å². The second-order valence-corrected chi connectivity index (χ2v) is 9.35. The van der Waals surface area contributed by atoms with Gasteiger partial charge in [0.1, 0.15) is 11.1 Å². The van der Waals surface area contributed by atoms with Gasteiger partial charge in [0, 0.05) is 50.1 Å².